The molecule has 0 radical (unpaired) electrons. The van der Waals surface area contributed by atoms with E-state index in [-0.39, 0.29) is 0 Å². The zero-order valence-corrected chi connectivity index (χ0v) is 13.5. The molecule has 0 fully saturated rings. The maximum Gasteiger partial charge on any atom is 0.137 e. The summed E-state index contributed by atoms with van der Waals surface area (Å²) in [5.74, 6) is 1.48. The van der Waals surface area contributed by atoms with E-state index in [1.807, 2.05) is 24.3 Å². The largest absolute Gasteiger partial charge is 0.497 e. The average molecular weight is 314 g/mol. The van der Waals surface area contributed by atoms with Crippen molar-refractivity contribution in [3.05, 3.63) is 59.7 Å². The molecule has 0 aromatic heterocycles. The molecule has 122 valence electrons. The molecule has 1 heterocycles. The number of hydrogen-bond acceptors (Lipinski definition) is 3. The molecule has 0 saturated carbocycles. The Balaban J connectivity index is 1.49. The Morgan fingerprint density at radius 1 is 1.09 bits per heavy atom. The molecule has 0 bridgehead atoms. The van der Waals surface area contributed by atoms with E-state index >= 15 is 0 Å². The molecule has 2 atom stereocenters. The van der Waals surface area contributed by atoms with Crippen LogP contribution in [0.5, 0.6) is 11.5 Å². The van der Waals surface area contributed by atoms with Gasteiger partial charge in [0.05, 0.1) is 13.7 Å². The van der Waals surface area contributed by atoms with Crippen LogP contribution < -0.4 is 14.4 Å². The molecule has 23 heavy (non-hydrogen) atoms. The van der Waals surface area contributed by atoms with Gasteiger partial charge in [0.25, 0.3) is 0 Å². The van der Waals surface area contributed by atoms with Crippen LogP contribution in [-0.2, 0) is 13.0 Å². The number of hydrogen-bond donors (Lipinski definition) is 2. The molecule has 4 nitrogen and oxygen atoms in total. The van der Waals surface area contributed by atoms with E-state index in [2.05, 4.69) is 24.3 Å². The molecular weight excluding hydrogens is 290 g/mol. The van der Waals surface area contributed by atoms with Crippen molar-refractivity contribution in [3.63, 3.8) is 0 Å². The van der Waals surface area contributed by atoms with Gasteiger partial charge in [0.2, 0.25) is 0 Å². The van der Waals surface area contributed by atoms with Gasteiger partial charge in [-0.2, -0.15) is 0 Å². The molecule has 2 aromatic carbocycles. The highest BCUT2D eigenvalue weighted by Crippen LogP contribution is 2.18. The highest BCUT2D eigenvalue weighted by Gasteiger charge is 2.21. The van der Waals surface area contributed by atoms with Crippen molar-refractivity contribution < 1.29 is 19.5 Å². The first kappa shape index (κ1) is 15.8. The van der Waals surface area contributed by atoms with Crippen LogP contribution in [0.4, 0.5) is 0 Å². The van der Waals surface area contributed by atoms with E-state index in [1.165, 1.54) is 16.0 Å². The predicted octanol–water partition coefficient (Wildman–Crippen LogP) is 1.08. The average Bonchev–Trinajstić information content (AvgIpc) is 2.60. The number of aliphatic hydroxyl groups excluding tert-OH is 1. The second-order valence-electron chi connectivity index (χ2n) is 6.04. The summed E-state index contributed by atoms with van der Waals surface area (Å²) in [6, 6.07) is 16.0. The second kappa shape index (κ2) is 7.49. The highest BCUT2D eigenvalue weighted by molar-refractivity contribution is 5.32. The Hall–Kier alpha value is -2.04. The Labute approximate surface area is 137 Å². The van der Waals surface area contributed by atoms with Gasteiger partial charge >= 0.3 is 0 Å². The summed E-state index contributed by atoms with van der Waals surface area (Å²) >= 11 is 0. The fourth-order valence-electron chi connectivity index (χ4n) is 3.09. The van der Waals surface area contributed by atoms with Gasteiger partial charge in [-0.15, -0.1) is 0 Å². The Kier molecular flexibility index (Phi) is 5.16. The lowest BCUT2D eigenvalue weighted by Gasteiger charge is -2.27. The first-order valence-corrected chi connectivity index (χ1v) is 8.10. The molecular formula is C19H24NO3+. The smallest absolute Gasteiger partial charge is 0.137 e. The third kappa shape index (κ3) is 4.24. The first-order valence-electron chi connectivity index (χ1n) is 8.10. The number of quaternary nitrogens is 1. The standard InChI is InChI=1S/C19H23NO3/c1-22-18-7-4-8-19(11-18)23-14-17(21)13-20-10-9-15-5-2-3-6-16(15)12-20/h2-8,11,17,21H,9-10,12-14H2,1H3/p+1/t17-/m1/s1. The molecule has 2 N–H and O–H groups in total. The summed E-state index contributed by atoms with van der Waals surface area (Å²) in [6.07, 6.45) is 0.607. The van der Waals surface area contributed by atoms with Gasteiger partial charge in [0.1, 0.15) is 37.3 Å². The van der Waals surface area contributed by atoms with Crippen LogP contribution in [0.1, 0.15) is 11.1 Å². The van der Waals surface area contributed by atoms with Crippen LogP contribution >= 0.6 is 0 Å². The number of nitrogens with one attached hydrogen (secondary N) is 1. The third-order valence-electron chi connectivity index (χ3n) is 4.31. The number of aliphatic hydroxyl groups is 1. The summed E-state index contributed by atoms with van der Waals surface area (Å²) in [6.45, 7) is 3.05. The maximum absolute atomic E-state index is 10.3. The fourth-order valence-corrected chi connectivity index (χ4v) is 3.09. The van der Waals surface area contributed by atoms with Gasteiger partial charge in [0, 0.05) is 18.1 Å². The van der Waals surface area contributed by atoms with Crippen LogP contribution in [0, 0.1) is 0 Å². The molecule has 0 amide bonds. The number of rotatable bonds is 6. The molecule has 2 aromatic rings. The van der Waals surface area contributed by atoms with Crippen molar-refractivity contribution in [1.29, 1.82) is 0 Å². The fraction of sp³-hybridized carbons (Fsp3) is 0.368. The van der Waals surface area contributed by atoms with E-state index < -0.39 is 6.10 Å². The highest BCUT2D eigenvalue weighted by atomic mass is 16.5. The van der Waals surface area contributed by atoms with Crippen molar-refractivity contribution in [3.8, 4) is 11.5 Å². The van der Waals surface area contributed by atoms with E-state index in [0.717, 1.165) is 31.0 Å². The SMILES string of the molecule is COc1cccc(OC[C@H](O)C[NH+]2CCc3ccccc3C2)c1. The van der Waals surface area contributed by atoms with Crippen molar-refractivity contribution in [2.24, 2.45) is 0 Å². The lowest BCUT2D eigenvalue weighted by atomic mass is 10.00. The third-order valence-corrected chi connectivity index (χ3v) is 4.31. The number of ether oxygens (including phenoxy) is 2. The zero-order chi connectivity index (χ0) is 16.1. The molecule has 1 unspecified atom stereocenters. The van der Waals surface area contributed by atoms with Crippen LogP contribution in [0.25, 0.3) is 0 Å². The van der Waals surface area contributed by atoms with Crippen molar-refractivity contribution >= 4 is 0 Å². The topological polar surface area (TPSA) is 43.1 Å². The van der Waals surface area contributed by atoms with Crippen LogP contribution in [0.3, 0.4) is 0 Å². The number of benzene rings is 2. The Bertz CT molecular complexity index is 644. The minimum atomic E-state index is -0.471. The van der Waals surface area contributed by atoms with Gasteiger partial charge in [-0.05, 0) is 17.7 Å². The molecule has 1 aliphatic heterocycles. The Morgan fingerprint density at radius 3 is 2.70 bits per heavy atom. The van der Waals surface area contributed by atoms with Gasteiger partial charge in [-0.25, -0.2) is 0 Å². The zero-order valence-electron chi connectivity index (χ0n) is 13.5. The lowest BCUT2D eigenvalue weighted by molar-refractivity contribution is -0.918. The van der Waals surface area contributed by atoms with Crippen molar-refractivity contribution in [2.75, 3.05) is 26.8 Å². The Morgan fingerprint density at radius 2 is 1.87 bits per heavy atom. The molecule has 1 aliphatic rings. The molecule has 3 rings (SSSR count). The van der Waals surface area contributed by atoms with E-state index in [1.54, 1.807) is 7.11 Å². The summed E-state index contributed by atoms with van der Waals surface area (Å²) in [5.41, 5.74) is 2.84. The predicted molar refractivity (Wildman–Crippen MR) is 89.0 cm³/mol. The summed E-state index contributed by atoms with van der Waals surface area (Å²) in [4.78, 5) is 1.41. The van der Waals surface area contributed by atoms with Crippen LogP contribution in [0.15, 0.2) is 48.5 Å². The second-order valence-corrected chi connectivity index (χ2v) is 6.04. The van der Waals surface area contributed by atoms with Gasteiger partial charge < -0.3 is 19.5 Å². The lowest BCUT2D eigenvalue weighted by Crippen LogP contribution is -3.13. The van der Waals surface area contributed by atoms with Crippen molar-refractivity contribution in [1.82, 2.24) is 0 Å². The van der Waals surface area contributed by atoms with Crippen LogP contribution in [0.2, 0.25) is 0 Å². The van der Waals surface area contributed by atoms with Crippen molar-refractivity contribution in [2.45, 2.75) is 19.1 Å². The van der Waals surface area contributed by atoms with E-state index in [9.17, 15) is 5.11 Å². The quantitative estimate of drug-likeness (QED) is 0.838. The van der Waals surface area contributed by atoms with Gasteiger partial charge in [-0.3, -0.25) is 0 Å². The molecule has 4 heteroatoms. The minimum Gasteiger partial charge on any atom is -0.497 e. The summed E-state index contributed by atoms with van der Waals surface area (Å²) < 4.78 is 10.8. The maximum atomic E-state index is 10.3. The molecule has 0 aliphatic carbocycles. The number of fused-ring (bicyclic) bond motifs is 1. The summed E-state index contributed by atoms with van der Waals surface area (Å²) in [7, 11) is 1.63. The number of methoxy groups -OCH3 is 1. The van der Waals surface area contributed by atoms with E-state index in [0.29, 0.717) is 13.2 Å². The van der Waals surface area contributed by atoms with Gasteiger partial charge in [-0.1, -0.05) is 30.3 Å². The summed E-state index contributed by atoms with van der Waals surface area (Å²) in [5, 5.41) is 10.3. The molecule has 0 saturated heterocycles. The first-order chi connectivity index (χ1) is 11.2. The van der Waals surface area contributed by atoms with Crippen LogP contribution in [-0.4, -0.2) is 38.0 Å². The minimum absolute atomic E-state index is 0.304. The van der Waals surface area contributed by atoms with E-state index in [4.69, 9.17) is 9.47 Å². The van der Waals surface area contributed by atoms with Gasteiger partial charge in [0.15, 0.2) is 0 Å². The monoisotopic (exact) mass is 314 g/mol. The normalized spacial score (nSPS) is 18.1. The molecule has 0 spiro atoms.